The van der Waals surface area contributed by atoms with E-state index in [1.807, 2.05) is 11.8 Å². The summed E-state index contributed by atoms with van der Waals surface area (Å²) >= 11 is 5.93. The van der Waals surface area contributed by atoms with Gasteiger partial charge in [0.1, 0.15) is 5.82 Å². The topological polar surface area (TPSA) is 27.0 Å². The molecule has 0 atom stereocenters. The quantitative estimate of drug-likeness (QED) is 0.790. The van der Waals surface area contributed by atoms with E-state index in [0.29, 0.717) is 30.1 Å². The number of nitriles is 1. The third kappa shape index (κ3) is 3.48. The Kier molecular flexibility index (Phi) is 5.24. The maximum atomic E-state index is 13.5. The highest BCUT2D eigenvalue weighted by Crippen LogP contribution is 2.20. The predicted octanol–water partition coefficient (Wildman–Crippen LogP) is 3.21. The van der Waals surface area contributed by atoms with Gasteiger partial charge in [0.2, 0.25) is 0 Å². The Hall–Kier alpha value is -1.11. The Balaban J connectivity index is 2.74. The molecule has 0 aromatic heterocycles. The van der Waals surface area contributed by atoms with E-state index in [0.717, 1.165) is 6.54 Å². The van der Waals surface area contributed by atoms with Gasteiger partial charge in [-0.15, -0.1) is 0 Å². The van der Waals surface area contributed by atoms with E-state index in [-0.39, 0.29) is 5.82 Å². The Morgan fingerprint density at radius 3 is 2.81 bits per heavy atom. The molecule has 16 heavy (non-hydrogen) atoms. The fraction of sp³-hybridized carbons (Fsp3) is 0.417. The van der Waals surface area contributed by atoms with E-state index < -0.39 is 0 Å². The van der Waals surface area contributed by atoms with Gasteiger partial charge in [0.05, 0.1) is 6.07 Å². The molecule has 86 valence electrons. The minimum Gasteiger partial charge on any atom is -0.298 e. The van der Waals surface area contributed by atoms with Crippen LogP contribution in [0.2, 0.25) is 5.02 Å². The Labute approximate surface area is 100 Å². The van der Waals surface area contributed by atoms with Crippen molar-refractivity contribution in [2.45, 2.75) is 19.9 Å². The highest BCUT2D eigenvalue weighted by molar-refractivity contribution is 6.31. The minimum absolute atomic E-state index is 0.289. The molecule has 1 aromatic carbocycles. The Bertz CT molecular complexity index is 367. The highest BCUT2D eigenvalue weighted by atomic mass is 35.5. The van der Waals surface area contributed by atoms with Gasteiger partial charge >= 0.3 is 0 Å². The van der Waals surface area contributed by atoms with Crippen molar-refractivity contribution in [2.24, 2.45) is 0 Å². The summed E-state index contributed by atoms with van der Waals surface area (Å²) in [5, 5.41) is 8.95. The van der Waals surface area contributed by atoms with Crippen LogP contribution in [0.15, 0.2) is 18.2 Å². The van der Waals surface area contributed by atoms with Gasteiger partial charge in [-0.3, -0.25) is 4.90 Å². The number of benzene rings is 1. The number of halogens is 2. The third-order valence-corrected chi connectivity index (χ3v) is 2.78. The van der Waals surface area contributed by atoms with Crippen molar-refractivity contribution in [3.8, 4) is 6.07 Å². The van der Waals surface area contributed by atoms with Crippen molar-refractivity contribution >= 4 is 11.6 Å². The van der Waals surface area contributed by atoms with Gasteiger partial charge in [-0.2, -0.15) is 5.26 Å². The zero-order valence-corrected chi connectivity index (χ0v) is 9.97. The van der Waals surface area contributed by atoms with Crippen molar-refractivity contribution in [3.05, 3.63) is 34.6 Å². The van der Waals surface area contributed by atoms with Gasteiger partial charge < -0.3 is 0 Å². The van der Waals surface area contributed by atoms with Gasteiger partial charge in [0, 0.05) is 30.1 Å². The van der Waals surface area contributed by atoms with Crippen LogP contribution in [0.25, 0.3) is 0 Å². The van der Waals surface area contributed by atoms with Crippen LogP contribution in [0.1, 0.15) is 18.9 Å². The third-order valence-electron chi connectivity index (χ3n) is 2.43. The van der Waals surface area contributed by atoms with Gasteiger partial charge in [-0.05, 0) is 18.7 Å². The summed E-state index contributed by atoms with van der Waals surface area (Å²) < 4.78 is 13.5. The van der Waals surface area contributed by atoms with Crippen molar-refractivity contribution < 1.29 is 4.39 Å². The summed E-state index contributed by atoms with van der Waals surface area (Å²) in [4.78, 5) is 1.99. The molecule has 0 saturated heterocycles. The van der Waals surface area contributed by atoms with Crippen LogP contribution >= 0.6 is 11.6 Å². The Morgan fingerprint density at radius 2 is 2.25 bits per heavy atom. The molecule has 0 heterocycles. The molecule has 0 aliphatic heterocycles. The predicted molar refractivity (Wildman–Crippen MR) is 62.6 cm³/mol. The van der Waals surface area contributed by atoms with Gasteiger partial charge in [-0.25, -0.2) is 4.39 Å². The van der Waals surface area contributed by atoms with E-state index >= 15 is 0 Å². The minimum atomic E-state index is -0.289. The van der Waals surface area contributed by atoms with E-state index in [2.05, 4.69) is 6.07 Å². The molecule has 0 saturated carbocycles. The lowest BCUT2D eigenvalue weighted by Gasteiger charge is -2.19. The van der Waals surface area contributed by atoms with Crippen LogP contribution in [0.5, 0.6) is 0 Å². The molecular weight excluding hydrogens is 227 g/mol. The smallest absolute Gasteiger partial charge is 0.129 e. The van der Waals surface area contributed by atoms with Crippen molar-refractivity contribution in [2.75, 3.05) is 13.1 Å². The van der Waals surface area contributed by atoms with Gasteiger partial charge in [0.15, 0.2) is 0 Å². The molecule has 0 bridgehead atoms. The molecule has 0 N–H and O–H groups in total. The standard InChI is InChI=1S/C12H14ClFN2/c1-2-16(8-4-7-15)9-10-11(13)5-3-6-12(10)14/h3,5-6H,2,4,8-9H2,1H3. The van der Waals surface area contributed by atoms with Crippen molar-refractivity contribution in [3.63, 3.8) is 0 Å². The first-order chi connectivity index (χ1) is 7.69. The lowest BCUT2D eigenvalue weighted by Crippen LogP contribution is -2.24. The second kappa shape index (κ2) is 6.47. The molecule has 0 unspecified atom stereocenters. The molecular formula is C12H14ClFN2. The van der Waals surface area contributed by atoms with Crippen LogP contribution in [0.3, 0.4) is 0 Å². The van der Waals surface area contributed by atoms with Gasteiger partial charge in [0.25, 0.3) is 0 Å². The second-order valence-corrected chi connectivity index (χ2v) is 3.88. The van der Waals surface area contributed by atoms with Crippen LogP contribution in [-0.2, 0) is 6.54 Å². The molecule has 0 fully saturated rings. The largest absolute Gasteiger partial charge is 0.298 e. The average molecular weight is 241 g/mol. The number of hydrogen-bond donors (Lipinski definition) is 0. The van der Waals surface area contributed by atoms with Crippen LogP contribution < -0.4 is 0 Å². The number of rotatable bonds is 5. The maximum absolute atomic E-state index is 13.5. The zero-order valence-electron chi connectivity index (χ0n) is 9.21. The van der Waals surface area contributed by atoms with Crippen molar-refractivity contribution in [1.82, 2.24) is 4.90 Å². The summed E-state index contributed by atoms with van der Waals surface area (Å²) in [6.07, 6.45) is 0.444. The molecule has 2 nitrogen and oxygen atoms in total. The summed E-state index contributed by atoms with van der Waals surface area (Å²) in [5.74, 6) is -0.289. The molecule has 0 spiro atoms. The van der Waals surface area contributed by atoms with E-state index in [4.69, 9.17) is 16.9 Å². The van der Waals surface area contributed by atoms with E-state index in [9.17, 15) is 4.39 Å². The molecule has 0 radical (unpaired) electrons. The highest BCUT2D eigenvalue weighted by Gasteiger charge is 2.10. The number of nitrogens with zero attached hydrogens (tertiary/aromatic N) is 2. The second-order valence-electron chi connectivity index (χ2n) is 3.48. The molecule has 4 heteroatoms. The summed E-state index contributed by atoms with van der Waals surface area (Å²) in [6.45, 7) is 3.83. The first-order valence-corrected chi connectivity index (χ1v) is 5.59. The Morgan fingerprint density at radius 1 is 1.50 bits per heavy atom. The zero-order chi connectivity index (χ0) is 12.0. The first kappa shape index (κ1) is 13.0. The average Bonchev–Trinajstić information content (AvgIpc) is 2.28. The summed E-state index contributed by atoms with van der Waals surface area (Å²) in [6, 6.07) is 6.75. The summed E-state index contributed by atoms with van der Waals surface area (Å²) in [5.41, 5.74) is 0.504. The van der Waals surface area contributed by atoms with Crippen LogP contribution in [0.4, 0.5) is 4.39 Å². The monoisotopic (exact) mass is 240 g/mol. The summed E-state index contributed by atoms with van der Waals surface area (Å²) in [7, 11) is 0. The van der Waals surface area contributed by atoms with Crippen LogP contribution in [0, 0.1) is 17.1 Å². The maximum Gasteiger partial charge on any atom is 0.129 e. The van der Waals surface area contributed by atoms with E-state index in [1.54, 1.807) is 12.1 Å². The fourth-order valence-corrected chi connectivity index (χ4v) is 1.69. The molecule has 0 aliphatic rings. The lowest BCUT2D eigenvalue weighted by molar-refractivity contribution is 0.282. The molecule has 1 aromatic rings. The molecule has 1 rings (SSSR count). The normalized spacial score (nSPS) is 10.4. The first-order valence-electron chi connectivity index (χ1n) is 5.21. The van der Waals surface area contributed by atoms with E-state index in [1.165, 1.54) is 6.07 Å². The van der Waals surface area contributed by atoms with Crippen LogP contribution in [-0.4, -0.2) is 18.0 Å². The fourth-order valence-electron chi connectivity index (χ4n) is 1.46. The lowest BCUT2D eigenvalue weighted by atomic mass is 10.2. The molecule has 0 aliphatic carbocycles. The van der Waals surface area contributed by atoms with Gasteiger partial charge in [-0.1, -0.05) is 24.6 Å². The number of hydrogen-bond acceptors (Lipinski definition) is 2. The SMILES string of the molecule is CCN(CCC#N)Cc1c(F)cccc1Cl. The molecule has 0 amide bonds. The van der Waals surface area contributed by atoms with Crippen molar-refractivity contribution in [1.29, 1.82) is 5.26 Å².